The number of nitriles is 1. The summed E-state index contributed by atoms with van der Waals surface area (Å²) in [6.45, 7) is 7.67. The van der Waals surface area contributed by atoms with Crippen LogP contribution >= 0.6 is 0 Å². The minimum atomic E-state index is 0.126. The van der Waals surface area contributed by atoms with E-state index in [0.717, 1.165) is 44.9 Å². The van der Waals surface area contributed by atoms with Gasteiger partial charge >= 0.3 is 0 Å². The summed E-state index contributed by atoms with van der Waals surface area (Å²) < 4.78 is 0. The van der Waals surface area contributed by atoms with E-state index in [1.807, 2.05) is 0 Å². The fourth-order valence-corrected chi connectivity index (χ4v) is 3.70. The molecule has 3 rings (SSSR count). The lowest BCUT2D eigenvalue weighted by Gasteiger charge is -2.40. The van der Waals surface area contributed by atoms with Crippen LogP contribution < -0.4 is 0 Å². The van der Waals surface area contributed by atoms with Gasteiger partial charge in [-0.2, -0.15) is 5.26 Å². The third kappa shape index (κ3) is 3.12. The van der Waals surface area contributed by atoms with Gasteiger partial charge in [0.15, 0.2) is 0 Å². The van der Waals surface area contributed by atoms with E-state index in [2.05, 4.69) is 47.1 Å². The van der Waals surface area contributed by atoms with Crippen molar-refractivity contribution >= 4 is 0 Å². The van der Waals surface area contributed by atoms with Crippen molar-refractivity contribution in [2.75, 3.05) is 32.7 Å². The van der Waals surface area contributed by atoms with Gasteiger partial charge in [0.05, 0.1) is 12.1 Å². The average molecular weight is 283 g/mol. The van der Waals surface area contributed by atoms with E-state index < -0.39 is 0 Å². The van der Waals surface area contributed by atoms with Crippen molar-refractivity contribution < 1.29 is 0 Å². The molecule has 1 aromatic carbocycles. The number of fused-ring (bicyclic) bond motifs is 1. The first-order chi connectivity index (χ1) is 10.3. The topological polar surface area (TPSA) is 30.3 Å². The molecule has 2 unspecified atom stereocenters. The van der Waals surface area contributed by atoms with E-state index in [9.17, 15) is 5.26 Å². The highest BCUT2D eigenvalue weighted by Gasteiger charge is 2.29. The van der Waals surface area contributed by atoms with Crippen LogP contribution in [-0.4, -0.2) is 48.6 Å². The van der Waals surface area contributed by atoms with E-state index >= 15 is 0 Å². The molecular weight excluding hydrogens is 258 g/mol. The predicted molar refractivity (Wildman–Crippen MR) is 85.2 cm³/mol. The highest BCUT2D eigenvalue weighted by molar-refractivity contribution is 5.40. The molecule has 112 valence electrons. The monoisotopic (exact) mass is 283 g/mol. The van der Waals surface area contributed by atoms with Gasteiger partial charge in [0.25, 0.3) is 0 Å². The zero-order valence-corrected chi connectivity index (χ0v) is 13.0. The van der Waals surface area contributed by atoms with E-state index in [-0.39, 0.29) is 6.04 Å². The van der Waals surface area contributed by atoms with Crippen LogP contribution in [0, 0.1) is 11.3 Å². The van der Waals surface area contributed by atoms with Crippen LogP contribution in [0.15, 0.2) is 24.3 Å². The van der Waals surface area contributed by atoms with Crippen molar-refractivity contribution in [2.24, 2.45) is 0 Å². The van der Waals surface area contributed by atoms with Gasteiger partial charge in [0, 0.05) is 38.6 Å². The number of rotatable bonds is 5. The minimum absolute atomic E-state index is 0.126. The number of nitrogens with zero attached hydrogens (tertiary/aromatic N) is 3. The van der Waals surface area contributed by atoms with Gasteiger partial charge in [0.1, 0.15) is 0 Å². The molecule has 1 aliphatic carbocycles. The summed E-state index contributed by atoms with van der Waals surface area (Å²) in [5.41, 5.74) is 3.09. The Labute approximate surface area is 128 Å². The molecule has 1 saturated heterocycles. The zero-order valence-electron chi connectivity index (χ0n) is 13.0. The van der Waals surface area contributed by atoms with Gasteiger partial charge in [0.2, 0.25) is 0 Å². The van der Waals surface area contributed by atoms with Crippen LogP contribution in [0.25, 0.3) is 0 Å². The molecule has 2 atom stereocenters. The molecular formula is C18H25N3. The molecule has 0 aromatic heterocycles. The van der Waals surface area contributed by atoms with Crippen molar-refractivity contribution in [1.82, 2.24) is 9.80 Å². The lowest BCUT2D eigenvalue weighted by molar-refractivity contribution is 0.104. The Morgan fingerprint density at radius 2 is 2.00 bits per heavy atom. The first-order valence-electron chi connectivity index (χ1n) is 8.25. The van der Waals surface area contributed by atoms with Crippen LogP contribution in [0.4, 0.5) is 0 Å². The zero-order chi connectivity index (χ0) is 14.7. The normalized spacial score (nSPS) is 23.9. The Hall–Kier alpha value is -1.37. The summed E-state index contributed by atoms with van der Waals surface area (Å²) in [4.78, 5) is 4.95. The van der Waals surface area contributed by atoms with Gasteiger partial charge in [-0.05, 0) is 24.0 Å². The smallest absolute Gasteiger partial charge is 0.0978 e. The van der Waals surface area contributed by atoms with Crippen molar-refractivity contribution in [3.63, 3.8) is 0 Å². The Balaban J connectivity index is 1.48. The quantitative estimate of drug-likeness (QED) is 0.832. The highest BCUT2D eigenvalue weighted by atomic mass is 15.3. The van der Waals surface area contributed by atoms with Crippen LogP contribution in [-0.2, 0) is 6.42 Å². The molecule has 0 N–H and O–H groups in total. The molecule has 2 aliphatic rings. The van der Waals surface area contributed by atoms with Gasteiger partial charge in [-0.3, -0.25) is 4.90 Å². The molecule has 21 heavy (non-hydrogen) atoms. The first-order valence-corrected chi connectivity index (χ1v) is 8.25. The fourth-order valence-electron chi connectivity index (χ4n) is 3.70. The molecule has 0 spiro atoms. The van der Waals surface area contributed by atoms with Crippen molar-refractivity contribution in [3.05, 3.63) is 35.4 Å². The molecule has 3 nitrogen and oxygen atoms in total. The molecule has 1 fully saturated rings. The van der Waals surface area contributed by atoms with Crippen LogP contribution in [0.3, 0.4) is 0 Å². The molecule has 0 bridgehead atoms. The summed E-state index contributed by atoms with van der Waals surface area (Å²) in [6.07, 6.45) is 3.34. The second-order valence-corrected chi connectivity index (χ2v) is 6.37. The molecule has 1 aliphatic heterocycles. The lowest BCUT2D eigenvalue weighted by atomic mass is 9.77. The van der Waals surface area contributed by atoms with Gasteiger partial charge in [-0.15, -0.1) is 0 Å². The number of benzene rings is 1. The van der Waals surface area contributed by atoms with Crippen molar-refractivity contribution in [1.29, 1.82) is 5.26 Å². The van der Waals surface area contributed by atoms with E-state index in [1.165, 1.54) is 18.5 Å². The van der Waals surface area contributed by atoms with Gasteiger partial charge in [-0.1, -0.05) is 37.6 Å². The molecule has 1 aromatic rings. The Morgan fingerprint density at radius 3 is 2.67 bits per heavy atom. The largest absolute Gasteiger partial charge is 0.300 e. The molecule has 3 heteroatoms. The van der Waals surface area contributed by atoms with Crippen LogP contribution in [0.5, 0.6) is 0 Å². The molecule has 1 heterocycles. The second kappa shape index (κ2) is 6.60. The number of piperazine rings is 1. The summed E-state index contributed by atoms with van der Waals surface area (Å²) in [5.74, 6) is 0.732. The Morgan fingerprint density at radius 1 is 1.24 bits per heavy atom. The van der Waals surface area contributed by atoms with Crippen molar-refractivity contribution in [3.8, 4) is 6.07 Å². The van der Waals surface area contributed by atoms with Gasteiger partial charge < -0.3 is 4.90 Å². The van der Waals surface area contributed by atoms with Crippen LogP contribution in [0.1, 0.15) is 36.8 Å². The van der Waals surface area contributed by atoms with E-state index in [4.69, 9.17) is 0 Å². The lowest BCUT2D eigenvalue weighted by Crippen LogP contribution is -2.51. The van der Waals surface area contributed by atoms with Crippen molar-refractivity contribution in [2.45, 2.75) is 38.1 Å². The third-order valence-corrected chi connectivity index (χ3v) is 5.00. The van der Waals surface area contributed by atoms with E-state index in [0.29, 0.717) is 0 Å². The van der Waals surface area contributed by atoms with E-state index in [1.54, 1.807) is 5.56 Å². The first kappa shape index (κ1) is 14.6. The molecule has 0 radical (unpaired) electrons. The summed E-state index contributed by atoms with van der Waals surface area (Å²) in [6, 6.07) is 11.4. The maximum Gasteiger partial charge on any atom is 0.0978 e. The fraction of sp³-hybridized carbons (Fsp3) is 0.611. The second-order valence-electron chi connectivity index (χ2n) is 6.37. The maximum atomic E-state index is 9.27. The Bertz CT molecular complexity index is 511. The summed E-state index contributed by atoms with van der Waals surface area (Å²) in [7, 11) is 0. The SMILES string of the molecule is CCCC(C#N)N1CCN(CC2Cc3ccccc32)CC1. The number of hydrogen-bond donors (Lipinski definition) is 0. The van der Waals surface area contributed by atoms with Gasteiger partial charge in [-0.25, -0.2) is 0 Å². The molecule has 0 amide bonds. The predicted octanol–water partition coefficient (Wildman–Crippen LogP) is 2.64. The molecule has 0 saturated carbocycles. The average Bonchev–Trinajstić information content (AvgIpc) is 2.51. The number of hydrogen-bond acceptors (Lipinski definition) is 3. The third-order valence-electron chi connectivity index (χ3n) is 5.00. The summed E-state index contributed by atoms with van der Waals surface area (Å²) >= 11 is 0. The standard InChI is InChI=1S/C18H25N3/c1-2-5-17(13-19)21-10-8-20(9-11-21)14-16-12-15-6-3-4-7-18(15)16/h3-4,6-7,16-17H,2,5,8-12,14H2,1H3. The maximum absolute atomic E-state index is 9.27. The summed E-state index contributed by atoms with van der Waals surface area (Å²) in [5, 5.41) is 9.27. The Kier molecular flexibility index (Phi) is 4.57. The van der Waals surface area contributed by atoms with Crippen LogP contribution in [0.2, 0.25) is 0 Å². The minimum Gasteiger partial charge on any atom is -0.300 e. The highest BCUT2D eigenvalue weighted by Crippen LogP contribution is 2.35.